The van der Waals surface area contributed by atoms with Crippen molar-refractivity contribution < 1.29 is 19.5 Å². The van der Waals surface area contributed by atoms with Crippen LogP contribution in [0.25, 0.3) is 0 Å². The molecule has 0 aromatic carbocycles. The predicted octanol–water partition coefficient (Wildman–Crippen LogP) is -1.99. The van der Waals surface area contributed by atoms with Gasteiger partial charge in [0.25, 0.3) is 5.91 Å². The molecule has 1 heterocycles. The third-order valence-electron chi connectivity index (χ3n) is 1.81. The number of hydrogen-bond acceptors (Lipinski definition) is 5. The van der Waals surface area contributed by atoms with Gasteiger partial charge in [0.15, 0.2) is 5.69 Å². The summed E-state index contributed by atoms with van der Waals surface area (Å²) < 4.78 is 0. The standard InChI is InChI=1S/C9H12N4O4/c1-5-4-6(11-10-5)9(17)13-12-7(14)2-3-8(15)16/h4H,2-3H2,1H3,(H,10,11)(H,12,14)(H,13,17)(H,15,16)/p-1. The van der Waals surface area contributed by atoms with Gasteiger partial charge in [-0.1, -0.05) is 0 Å². The Hall–Kier alpha value is -2.38. The van der Waals surface area contributed by atoms with E-state index in [-0.39, 0.29) is 12.1 Å². The van der Waals surface area contributed by atoms with Crippen molar-refractivity contribution in [3.63, 3.8) is 0 Å². The summed E-state index contributed by atoms with van der Waals surface area (Å²) >= 11 is 0. The topological polar surface area (TPSA) is 127 Å². The Bertz CT molecular complexity index is 440. The fraction of sp³-hybridized carbons (Fsp3) is 0.333. The predicted molar refractivity (Wildman–Crippen MR) is 53.2 cm³/mol. The lowest BCUT2D eigenvalue weighted by Crippen LogP contribution is -2.42. The number of aromatic nitrogens is 2. The van der Waals surface area contributed by atoms with Crippen molar-refractivity contribution in [3.8, 4) is 0 Å². The average Bonchev–Trinajstić information content (AvgIpc) is 2.70. The summed E-state index contributed by atoms with van der Waals surface area (Å²) in [5, 5.41) is 16.3. The van der Waals surface area contributed by atoms with E-state index in [1.54, 1.807) is 6.92 Å². The fourth-order valence-corrected chi connectivity index (χ4v) is 1.00. The third kappa shape index (κ3) is 4.33. The van der Waals surface area contributed by atoms with Gasteiger partial charge in [0.2, 0.25) is 5.91 Å². The van der Waals surface area contributed by atoms with Crippen LogP contribution in [0.4, 0.5) is 0 Å². The number of rotatable bonds is 4. The Labute approximate surface area is 96.4 Å². The highest BCUT2D eigenvalue weighted by Crippen LogP contribution is 1.96. The van der Waals surface area contributed by atoms with Gasteiger partial charge < -0.3 is 9.90 Å². The van der Waals surface area contributed by atoms with Gasteiger partial charge in [-0.15, -0.1) is 0 Å². The largest absolute Gasteiger partial charge is 0.550 e. The monoisotopic (exact) mass is 239 g/mol. The van der Waals surface area contributed by atoms with Gasteiger partial charge in [0.05, 0.1) is 0 Å². The summed E-state index contributed by atoms with van der Waals surface area (Å²) in [5.41, 5.74) is 5.00. The molecular weight excluding hydrogens is 228 g/mol. The summed E-state index contributed by atoms with van der Waals surface area (Å²) in [6.07, 6.45) is -0.661. The van der Waals surface area contributed by atoms with Crippen molar-refractivity contribution >= 4 is 17.8 Å². The zero-order valence-electron chi connectivity index (χ0n) is 9.07. The minimum absolute atomic E-state index is 0.128. The summed E-state index contributed by atoms with van der Waals surface area (Å²) in [6.45, 7) is 1.72. The number of carbonyl (C=O) groups is 3. The van der Waals surface area contributed by atoms with E-state index in [1.807, 2.05) is 0 Å². The fourth-order valence-electron chi connectivity index (χ4n) is 1.00. The first-order valence-corrected chi connectivity index (χ1v) is 4.80. The Balaban J connectivity index is 2.33. The summed E-state index contributed by atoms with van der Waals surface area (Å²) in [4.78, 5) is 32.5. The second kappa shape index (κ2) is 5.64. The molecule has 0 aliphatic rings. The molecule has 1 rings (SSSR count). The number of aromatic amines is 1. The van der Waals surface area contributed by atoms with Gasteiger partial charge >= 0.3 is 0 Å². The minimum Gasteiger partial charge on any atom is -0.550 e. The number of hydrogen-bond donors (Lipinski definition) is 3. The van der Waals surface area contributed by atoms with Gasteiger partial charge in [0, 0.05) is 18.1 Å². The molecule has 0 aliphatic carbocycles. The molecule has 1 aromatic heterocycles. The number of carbonyl (C=O) groups excluding carboxylic acids is 3. The molecule has 0 atom stereocenters. The Morgan fingerprint density at radius 1 is 1.35 bits per heavy atom. The van der Waals surface area contributed by atoms with Crippen LogP contribution in [0.15, 0.2) is 6.07 Å². The Morgan fingerprint density at radius 3 is 2.59 bits per heavy atom. The SMILES string of the molecule is Cc1cc(C(=O)NNC(=O)CCC(=O)[O-])n[nH]1. The van der Waals surface area contributed by atoms with Crippen LogP contribution in [0.1, 0.15) is 29.0 Å². The quantitative estimate of drug-likeness (QED) is 0.524. The molecule has 92 valence electrons. The van der Waals surface area contributed by atoms with Gasteiger partial charge in [-0.3, -0.25) is 25.5 Å². The molecule has 8 nitrogen and oxygen atoms in total. The minimum atomic E-state index is -1.32. The van der Waals surface area contributed by atoms with Crippen LogP contribution in [-0.4, -0.2) is 28.0 Å². The molecule has 0 saturated heterocycles. The summed E-state index contributed by atoms with van der Waals surface area (Å²) in [7, 11) is 0. The number of aliphatic carboxylic acids is 1. The molecule has 1 aromatic rings. The number of aryl methyl sites for hydroxylation is 1. The number of nitrogens with one attached hydrogen (secondary N) is 3. The van der Waals surface area contributed by atoms with Crippen molar-refractivity contribution in [2.45, 2.75) is 19.8 Å². The molecule has 0 spiro atoms. The van der Waals surface area contributed by atoms with Crippen molar-refractivity contribution in [1.29, 1.82) is 0 Å². The van der Waals surface area contributed by atoms with Crippen LogP contribution in [0.5, 0.6) is 0 Å². The van der Waals surface area contributed by atoms with Gasteiger partial charge in [-0.2, -0.15) is 5.10 Å². The van der Waals surface area contributed by atoms with Crippen LogP contribution in [0, 0.1) is 6.92 Å². The first-order valence-electron chi connectivity index (χ1n) is 4.80. The van der Waals surface area contributed by atoms with Crippen LogP contribution in [-0.2, 0) is 9.59 Å². The van der Waals surface area contributed by atoms with Crippen LogP contribution < -0.4 is 16.0 Å². The smallest absolute Gasteiger partial charge is 0.290 e. The number of H-pyrrole nitrogens is 1. The molecule has 0 saturated carbocycles. The summed E-state index contributed by atoms with van der Waals surface area (Å²) in [5.74, 6) is -2.53. The molecule has 0 fully saturated rings. The Morgan fingerprint density at radius 2 is 2.06 bits per heavy atom. The van der Waals surface area contributed by atoms with E-state index in [4.69, 9.17) is 0 Å². The van der Waals surface area contributed by atoms with Gasteiger partial charge in [-0.05, 0) is 19.4 Å². The van der Waals surface area contributed by atoms with Crippen molar-refractivity contribution in [2.24, 2.45) is 0 Å². The number of hydrazine groups is 1. The molecule has 0 bridgehead atoms. The van der Waals surface area contributed by atoms with Crippen LogP contribution >= 0.6 is 0 Å². The van der Waals surface area contributed by atoms with E-state index in [1.165, 1.54) is 6.07 Å². The van der Waals surface area contributed by atoms with Crippen LogP contribution in [0.2, 0.25) is 0 Å². The summed E-state index contributed by atoms with van der Waals surface area (Å²) in [6, 6.07) is 1.50. The zero-order valence-corrected chi connectivity index (χ0v) is 9.07. The number of nitrogens with zero attached hydrogens (tertiary/aromatic N) is 1. The van der Waals surface area contributed by atoms with Crippen molar-refractivity contribution in [2.75, 3.05) is 0 Å². The van der Waals surface area contributed by atoms with E-state index >= 15 is 0 Å². The third-order valence-corrected chi connectivity index (χ3v) is 1.81. The normalized spacial score (nSPS) is 9.71. The first-order chi connectivity index (χ1) is 7.99. The number of carboxylic acid groups (broad SMARTS) is 1. The lowest BCUT2D eigenvalue weighted by atomic mass is 10.3. The van der Waals surface area contributed by atoms with E-state index in [0.29, 0.717) is 5.69 Å². The molecule has 3 N–H and O–H groups in total. The second-order valence-electron chi connectivity index (χ2n) is 3.31. The van der Waals surface area contributed by atoms with E-state index in [2.05, 4.69) is 21.0 Å². The van der Waals surface area contributed by atoms with E-state index < -0.39 is 24.2 Å². The second-order valence-corrected chi connectivity index (χ2v) is 3.31. The molecule has 0 aliphatic heterocycles. The maximum Gasteiger partial charge on any atom is 0.290 e. The number of carboxylic acids is 1. The van der Waals surface area contributed by atoms with Crippen molar-refractivity contribution in [1.82, 2.24) is 21.0 Å². The molecule has 0 radical (unpaired) electrons. The molecule has 0 unspecified atom stereocenters. The van der Waals surface area contributed by atoms with Crippen molar-refractivity contribution in [3.05, 3.63) is 17.5 Å². The zero-order chi connectivity index (χ0) is 12.8. The number of amides is 2. The van der Waals surface area contributed by atoms with E-state index in [0.717, 1.165) is 0 Å². The lowest BCUT2D eigenvalue weighted by molar-refractivity contribution is -0.305. The van der Waals surface area contributed by atoms with Gasteiger partial charge in [0.1, 0.15) is 0 Å². The molecule has 2 amide bonds. The maximum absolute atomic E-state index is 11.4. The Kier molecular flexibility index (Phi) is 4.21. The lowest BCUT2D eigenvalue weighted by Gasteiger charge is -2.05. The maximum atomic E-state index is 11.4. The van der Waals surface area contributed by atoms with E-state index in [9.17, 15) is 19.5 Å². The molecule has 17 heavy (non-hydrogen) atoms. The highest BCUT2D eigenvalue weighted by molar-refractivity contribution is 5.93. The molecule has 8 heteroatoms. The highest BCUT2D eigenvalue weighted by Gasteiger charge is 2.09. The van der Waals surface area contributed by atoms with Crippen LogP contribution in [0.3, 0.4) is 0 Å². The van der Waals surface area contributed by atoms with Gasteiger partial charge in [-0.25, -0.2) is 0 Å². The highest BCUT2D eigenvalue weighted by atomic mass is 16.4. The average molecular weight is 239 g/mol. The first kappa shape index (κ1) is 12.7. The molecular formula is C9H11N4O4-.